The number of aliphatic imine (C=N–C) groups is 1. The lowest BCUT2D eigenvalue weighted by molar-refractivity contribution is -0.129. The number of amidine groups is 1. The van der Waals surface area contributed by atoms with Crippen molar-refractivity contribution in [2.45, 2.75) is 32.6 Å². The number of hydrogen-bond donors (Lipinski definition) is 0. The van der Waals surface area contributed by atoms with Crippen LogP contribution in [0.5, 0.6) is 0 Å². The highest BCUT2D eigenvalue weighted by atomic mass is 32.2. The van der Waals surface area contributed by atoms with E-state index in [1.54, 1.807) is 11.8 Å². The Kier molecular flexibility index (Phi) is 3.76. The molecular formula is C17H23N3OS. The van der Waals surface area contributed by atoms with Gasteiger partial charge in [-0.25, -0.2) is 0 Å². The van der Waals surface area contributed by atoms with Gasteiger partial charge in [-0.1, -0.05) is 23.4 Å². The van der Waals surface area contributed by atoms with E-state index in [4.69, 9.17) is 0 Å². The van der Waals surface area contributed by atoms with Gasteiger partial charge in [0.05, 0.1) is 6.42 Å². The van der Waals surface area contributed by atoms with E-state index in [0.717, 1.165) is 49.9 Å². The second kappa shape index (κ2) is 5.76. The van der Waals surface area contributed by atoms with Crippen LogP contribution in [0.4, 0.5) is 0 Å². The van der Waals surface area contributed by atoms with Crippen LogP contribution in [0, 0.1) is 11.8 Å². The zero-order valence-electron chi connectivity index (χ0n) is 13.1. The largest absolute Gasteiger partial charge is 0.342 e. The van der Waals surface area contributed by atoms with E-state index < -0.39 is 0 Å². The summed E-state index contributed by atoms with van der Waals surface area (Å²) >= 11 is 1.67. The Morgan fingerprint density at radius 1 is 1.41 bits per heavy atom. The number of carbonyl (C=O) groups is 1. The normalized spacial score (nSPS) is 30.5. The second-order valence-corrected chi connectivity index (χ2v) is 7.72. The zero-order valence-corrected chi connectivity index (χ0v) is 13.9. The third-order valence-corrected chi connectivity index (χ3v) is 6.23. The lowest BCUT2D eigenvalue weighted by Crippen LogP contribution is -2.34. The topological polar surface area (TPSA) is 35.9 Å². The van der Waals surface area contributed by atoms with E-state index in [2.05, 4.69) is 33.2 Å². The zero-order chi connectivity index (χ0) is 15.1. The quantitative estimate of drug-likeness (QED) is 0.735. The minimum atomic E-state index is 0.297. The first-order chi connectivity index (χ1) is 10.7. The Hall–Kier alpha value is -1.23. The molecule has 0 radical (unpaired) electrons. The SMILES string of the molecule is CC1=CC[C@@H]2CN(C(=O)CC3=CSC4=NCCCN34)C[C@@H]2C1. The molecule has 2 atom stereocenters. The number of carbonyl (C=O) groups excluding carboxylic acids is 1. The minimum Gasteiger partial charge on any atom is -0.342 e. The molecule has 4 nitrogen and oxygen atoms in total. The summed E-state index contributed by atoms with van der Waals surface area (Å²) in [6.45, 7) is 6.07. The van der Waals surface area contributed by atoms with Gasteiger partial charge in [0.15, 0.2) is 5.17 Å². The van der Waals surface area contributed by atoms with E-state index in [1.807, 2.05) is 0 Å². The number of allylic oxidation sites excluding steroid dienone is 2. The van der Waals surface area contributed by atoms with Gasteiger partial charge in [0.25, 0.3) is 0 Å². The Morgan fingerprint density at radius 3 is 3.18 bits per heavy atom. The maximum absolute atomic E-state index is 12.7. The van der Waals surface area contributed by atoms with Crippen molar-refractivity contribution in [1.82, 2.24) is 9.80 Å². The summed E-state index contributed by atoms with van der Waals surface area (Å²) in [4.78, 5) is 21.6. The number of fused-ring (bicyclic) bond motifs is 2. The van der Waals surface area contributed by atoms with Crippen molar-refractivity contribution in [3.63, 3.8) is 0 Å². The van der Waals surface area contributed by atoms with Gasteiger partial charge in [-0.05, 0) is 43.4 Å². The van der Waals surface area contributed by atoms with Crippen molar-refractivity contribution < 1.29 is 4.79 Å². The molecule has 3 aliphatic heterocycles. The van der Waals surface area contributed by atoms with Gasteiger partial charge in [-0.3, -0.25) is 9.79 Å². The summed E-state index contributed by atoms with van der Waals surface area (Å²) in [5.41, 5.74) is 2.65. The van der Waals surface area contributed by atoms with E-state index in [1.165, 1.54) is 12.0 Å². The molecule has 0 aromatic heterocycles. The van der Waals surface area contributed by atoms with Crippen molar-refractivity contribution in [2.75, 3.05) is 26.2 Å². The average molecular weight is 317 g/mol. The van der Waals surface area contributed by atoms with Gasteiger partial charge < -0.3 is 9.80 Å². The lowest BCUT2D eigenvalue weighted by atomic mass is 9.83. The monoisotopic (exact) mass is 317 g/mol. The molecular weight excluding hydrogens is 294 g/mol. The summed E-state index contributed by atoms with van der Waals surface area (Å²) < 4.78 is 0. The summed E-state index contributed by atoms with van der Waals surface area (Å²) in [5.74, 6) is 1.67. The highest BCUT2D eigenvalue weighted by Gasteiger charge is 2.37. The van der Waals surface area contributed by atoms with Crippen LogP contribution in [-0.2, 0) is 4.79 Å². The molecule has 0 saturated carbocycles. The fourth-order valence-corrected chi connectivity index (χ4v) is 4.98. The van der Waals surface area contributed by atoms with Gasteiger partial charge in [0.2, 0.25) is 5.91 Å². The first kappa shape index (κ1) is 14.4. The Labute approximate surface area is 136 Å². The fraction of sp³-hybridized carbons (Fsp3) is 0.647. The van der Waals surface area contributed by atoms with Crippen molar-refractivity contribution in [2.24, 2.45) is 16.8 Å². The van der Waals surface area contributed by atoms with Gasteiger partial charge >= 0.3 is 0 Å². The standard InChI is InChI=1S/C17H23N3OS/c1-12-3-4-13-9-19(10-14(13)7-12)16(21)8-15-11-22-17-18-5-2-6-20(15)17/h3,11,13-14H,2,4-10H2,1H3/t13-,14+/m1/s1. The Bertz CT molecular complexity index is 580. The number of nitrogens with zero attached hydrogens (tertiary/aromatic N) is 3. The third kappa shape index (κ3) is 2.60. The van der Waals surface area contributed by atoms with Gasteiger partial charge in [-0.15, -0.1) is 0 Å². The molecule has 22 heavy (non-hydrogen) atoms. The van der Waals surface area contributed by atoms with E-state index in [0.29, 0.717) is 24.2 Å². The van der Waals surface area contributed by atoms with Crippen molar-refractivity contribution in [1.29, 1.82) is 0 Å². The molecule has 4 rings (SSSR count). The van der Waals surface area contributed by atoms with Crippen molar-refractivity contribution in [3.8, 4) is 0 Å². The van der Waals surface area contributed by atoms with E-state index >= 15 is 0 Å². The molecule has 1 aliphatic carbocycles. The highest BCUT2D eigenvalue weighted by Crippen LogP contribution is 2.37. The smallest absolute Gasteiger partial charge is 0.228 e. The number of likely N-dealkylation sites (tertiary alicyclic amines) is 1. The molecule has 1 fully saturated rings. The summed E-state index contributed by atoms with van der Waals surface area (Å²) in [6, 6.07) is 0. The molecule has 0 unspecified atom stereocenters. The molecule has 3 heterocycles. The molecule has 0 bridgehead atoms. The highest BCUT2D eigenvalue weighted by molar-refractivity contribution is 8.16. The molecule has 0 N–H and O–H groups in total. The molecule has 1 amide bonds. The molecule has 0 aromatic rings. The summed E-state index contributed by atoms with van der Waals surface area (Å²) in [5, 5.41) is 3.21. The van der Waals surface area contributed by atoms with Crippen molar-refractivity contribution >= 4 is 22.8 Å². The molecule has 118 valence electrons. The van der Waals surface area contributed by atoms with Crippen LogP contribution < -0.4 is 0 Å². The Morgan fingerprint density at radius 2 is 2.27 bits per heavy atom. The van der Waals surface area contributed by atoms with Crippen LogP contribution in [0.25, 0.3) is 0 Å². The molecule has 4 aliphatic rings. The summed E-state index contributed by atoms with van der Waals surface area (Å²) in [7, 11) is 0. The predicted molar refractivity (Wildman–Crippen MR) is 90.5 cm³/mol. The number of rotatable bonds is 2. The molecule has 1 saturated heterocycles. The van der Waals surface area contributed by atoms with Gasteiger partial charge in [-0.2, -0.15) is 0 Å². The van der Waals surface area contributed by atoms with Crippen LogP contribution in [-0.4, -0.2) is 47.1 Å². The first-order valence-electron chi connectivity index (χ1n) is 8.32. The van der Waals surface area contributed by atoms with Crippen LogP contribution in [0.2, 0.25) is 0 Å². The average Bonchev–Trinajstić information content (AvgIpc) is 3.11. The summed E-state index contributed by atoms with van der Waals surface area (Å²) in [6.07, 6.45) is 6.33. The number of amides is 1. The molecule has 0 aromatic carbocycles. The van der Waals surface area contributed by atoms with Crippen molar-refractivity contribution in [3.05, 3.63) is 22.8 Å². The maximum atomic E-state index is 12.7. The van der Waals surface area contributed by atoms with Crippen LogP contribution >= 0.6 is 11.8 Å². The second-order valence-electron chi connectivity index (χ2n) is 6.88. The van der Waals surface area contributed by atoms with Crippen LogP contribution in [0.1, 0.15) is 32.6 Å². The minimum absolute atomic E-state index is 0.297. The third-order valence-electron chi connectivity index (χ3n) is 5.28. The first-order valence-corrected chi connectivity index (χ1v) is 9.20. The van der Waals surface area contributed by atoms with Crippen LogP contribution in [0.3, 0.4) is 0 Å². The lowest BCUT2D eigenvalue weighted by Gasteiger charge is -2.26. The van der Waals surface area contributed by atoms with Crippen LogP contribution in [0.15, 0.2) is 27.7 Å². The molecule has 0 spiro atoms. The Balaban J connectivity index is 1.38. The number of hydrogen-bond acceptors (Lipinski definition) is 4. The van der Waals surface area contributed by atoms with E-state index in [9.17, 15) is 4.79 Å². The predicted octanol–water partition coefficient (Wildman–Crippen LogP) is 2.84. The number of thioether (sulfide) groups is 1. The van der Waals surface area contributed by atoms with Gasteiger partial charge in [0, 0.05) is 31.9 Å². The fourth-order valence-electron chi connectivity index (χ4n) is 4.03. The molecule has 5 heteroatoms. The van der Waals surface area contributed by atoms with E-state index in [-0.39, 0.29) is 0 Å². The van der Waals surface area contributed by atoms with Gasteiger partial charge in [0.1, 0.15) is 0 Å². The maximum Gasteiger partial charge on any atom is 0.228 e.